The Morgan fingerprint density at radius 2 is 1.44 bits per heavy atom. The van der Waals surface area contributed by atoms with E-state index in [1.807, 2.05) is 19.9 Å². The molecule has 4 N–H and O–H groups in total. The molecule has 0 fully saturated rings. The first-order valence-electron chi connectivity index (χ1n) is 10.9. The summed E-state index contributed by atoms with van der Waals surface area (Å²) in [4.78, 5) is 58.9. The average molecular weight is 451 g/mol. The first kappa shape index (κ1) is 29.0. The van der Waals surface area contributed by atoms with Crippen molar-refractivity contribution in [1.82, 2.24) is 21.3 Å². The van der Waals surface area contributed by atoms with Crippen molar-refractivity contribution in [3.05, 3.63) is 24.8 Å². The van der Waals surface area contributed by atoms with E-state index < -0.39 is 23.8 Å². The van der Waals surface area contributed by atoms with Crippen molar-refractivity contribution < 1.29 is 24.0 Å². The number of hydrogen-bond donors (Lipinski definition) is 4. The highest BCUT2D eigenvalue weighted by Gasteiger charge is 2.22. The van der Waals surface area contributed by atoms with Crippen LogP contribution < -0.4 is 21.3 Å². The number of ketones is 1. The predicted octanol–water partition coefficient (Wildman–Crippen LogP) is 1.15. The number of allylic oxidation sites excluding steroid dienone is 2. The Balaban J connectivity index is 4.43. The first-order chi connectivity index (χ1) is 15.0. The molecule has 0 aromatic rings. The topological polar surface area (TPSA) is 133 Å². The molecule has 0 aliphatic heterocycles. The Labute approximate surface area is 190 Å². The van der Waals surface area contributed by atoms with E-state index in [-0.39, 0.29) is 43.7 Å². The Bertz CT molecular complexity index is 688. The highest BCUT2D eigenvalue weighted by molar-refractivity contribution is 5.92. The van der Waals surface area contributed by atoms with E-state index in [0.717, 1.165) is 24.8 Å². The summed E-state index contributed by atoms with van der Waals surface area (Å²) in [6, 6.07) is -0.752. The highest BCUT2D eigenvalue weighted by atomic mass is 16.2. The normalized spacial score (nSPS) is 11.2. The maximum Gasteiger partial charge on any atom is 0.243 e. The average Bonchev–Trinajstić information content (AvgIpc) is 2.72. The smallest absolute Gasteiger partial charge is 0.243 e. The molecule has 0 aromatic heterocycles. The quantitative estimate of drug-likeness (QED) is 0.247. The molecule has 4 amide bonds. The second-order valence-electron chi connectivity index (χ2n) is 8.15. The van der Waals surface area contributed by atoms with Crippen LogP contribution in [-0.2, 0) is 24.0 Å². The van der Waals surface area contributed by atoms with Crippen molar-refractivity contribution in [3.8, 4) is 0 Å². The minimum absolute atomic E-state index is 0.106. The van der Waals surface area contributed by atoms with Gasteiger partial charge in [0, 0.05) is 6.42 Å². The van der Waals surface area contributed by atoms with Crippen LogP contribution in [0.4, 0.5) is 0 Å². The summed E-state index contributed by atoms with van der Waals surface area (Å²) in [6.45, 7) is 12.1. The van der Waals surface area contributed by atoms with E-state index in [1.165, 1.54) is 6.92 Å². The monoisotopic (exact) mass is 450 g/mol. The summed E-state index contributed by atoms with van der Waals surface area (Å²) in [5, 5.41) is 9.94. The van der Waals surface area contributed by atoms with Gasteiger partial charge in [0.1, 0.15) is 11.8 Å². The molecule has 0 aliphatic rings. The largest absolute Gasteiger partial charge is 0.348 e. The van der Waals surface area contributed by atoms with Gasteiger partial charge in [0.2, 0.25) is 23.6 Å². The Morgan fingerprint density at radius 3 is 2.00 bits per heavy atom. The fraction of sp³-hybridized carbons (Fsp3) is 0.609. The lowest BCUT2D eigenvalue weighted by atomic mass is 10.0. The number of amides is 4. The number of carbonyl (C=O) groups is 5. The van der Waals surface area contributed by atoms with Crippen LogP contribution in [-0.4, -0.2) is 55.1 Å². The van der Waals surface area contributed by atoms with Crippen LogP contribution in [0.1, 0.15) is 59.3 Å². The molecule has 9 nitrogen and oxygen atoms in total. The summed E-state index contributed by atoms with van der Waals surface area (Å²) < 4.78 is 0. The molecular formula is C23H38N4O5. The maximum absolute atomic E-state index is 12.5. The van der Waals surface area contributed by atoms with Gasteiger partial charge in [-0.05, 0) is 44.9 Å². The van der Waals surface area contributed by atoms with Gasteiger partial charge < -0.3 is 21.3 Å². The molecule has 0 rings (SSSR count). The minimum atomic E-state index is -0.752. The van der Waals surface area contributed by atoms with Gasteiger partial charge in [-0.2, -0.15) is 0 Å². The van der Waals surface area contributed by atoms with E-state index in [4.69, 9.17) is 0 Å². The molecule has 0 saturated heterocycles. The van der Waals surface area contributed by atoms with E-state index in [2.05, 4.69) is 34.4 Å². The molecule has 9 heteroatoms. The van der Waals surface area contributed by atoms with Gasteiger partial charge >= 0.3 is 0 Å². The molecule has 1 atom stereocenters. The van der Waals surface area contributed by atoms with Crippen molar-refractivity contribution in [3.63, 3.8) is 0 Å². The molecular weight excluding hydrogens is 412 g/mol. The second kappa shape index (κ2) is 16.7. The summed E-state index contributed by atoms with van der Waals surface area (Å²) in [5.41, 5.74) is 1.06. The van der Waals surface area contributed by atoms with Gasteiger partial charge in [-0.25, -0.2) is 0 Å². The van der Waals surface area contributed by atoms with E-state index in [1.54, 1.807) is 0 Å². The van der Waals surface area contributed by atoms with Crippen LogP contribution in [0, 0.1) is 5.92 Å². The molecule has 0 radical (unpaired) electrons. The molecule has 0 aliphatic carbocycles. The van der Waals surface area contributed by atoms with Crippen molar-refractivity contribution in [2.24, 2.45) is 5.92 Å². The molecule has 0 spiro atoms. The van der Waals surface area contributed by atoms with Gasteiger partial charge in [0.15, 0.2) is 0 Å². The number of Topliss-reactive ketones (excluding diaryl/α,β-unsaturated/α-hetero) is 1. The van der Waals surface area contributed by atoms with Crippen LogP contribution >= 0.6 is 0 Å². The lowest BCUT2D eigenvalue weighted by molar-refractivity contribution is -0.131. The Hall–Kier alpha value is -2.97. The van der Waals surface area contributed by atoms with Crippen molar-refractivity contribution in [2.75, 3.05) is 19.6 Å². The summed E-state index contributed by atoms with van der Waals surface area (Å²) in [7, 11) is 0. The summed E-state index contributed by atoms with van der Waals surface area (Å²) >= 11 is 0. The van der Waals surface area contributed by atoms with Gasteiger partial charge in [-0.15, -0.1) is 6.58 Å². The molecule has 180 valence electrons. The third-order valence-corrected chi connectivity index (χ3v) is 4.40. The molecule has 0 unspecified atom stereocenters. The summed E-state index contributed by atoms with van der Waals surface area (Å²) in [6.07, 6.45) is 5.64. The number of hydrogen-bond acceptors (Lipinski definition) is 5. The van der Waals surface area contributed by atoms with E-state index >= 15 is 0 Å². The molecule has 0 heterocycles. The molecule has 0 saturated carbocycles. The SMILES string of the molecule is C=CCCC(=C)CCCC(=O)N[C@@H](CC(C)C)C(=O)NCC(=O)NCC(=O)NCC(C)=O. The molecule has 32 heavy (non-hydrogen) atoms. The Kier molecular flexibility index (Phi) is 15.1. The maximum atomic E-state index is 12.5. The van der Waals surface area contributed by atoms with Crippen molar-refractivity contribution in [1.29, 1.82) is 0 Å². The summed E-state index contributed by atoms with van der Waals surface area (Å²) in [5.74, 6) is -1.79. The fourth-order valence-electron chi connectivity index (χ4n) is 2.72. The van der Waals surface area contributed by atoms with Crippen LogP contribution in [0.25, 0.3) is 0 Å². The standard InChI is InChI=1S/C23H38N4O5/c1-6-7-9-17(4)10-8-11-20(29)27-19(12-16(2)3)23(32)26-15-22(31)25-14-21(30)24-13-18(5)28/h6,16,19H,1,4,7-15H2,2-3,5H3,(H,24,30)(H,25,31)(H,26,32)(H,27,29)/t19-/m0/s1. The van der Waals surface area contributed by atoms with Crippen LogP contribution in [0.15, 0.2) is 24.8 Å². The highest BCUT2D eigenvalue weighted by Crippen LogP contribution is 2.12. The minimum Gasteiger partial charge on any atom is -0.348 e. The number of carbonyl (C=O) groups excluding carboxylic acids is 5. The number of nitrogens with one attached hydrogen (secondary N) is 4. The third-order valence-electron chi connectivity index (χ3n) is 4.40. The van der Waals surface area contributed by atoms with Gasteiger partial charge in [-0.3, -0.25) is 24.0 Å². The van der Waals surface area contributed by atoms with Gasteiger partial charge in [-0.1, -0.05) is 32.1 Å². The first-order valence-corrected chi connectivity index (χ1v) is 10.9. The van der Waals surface area contributed by atoms with Crippen LogP contribution in [0.5, 0.6) is 0 Å². The molecule has 0 bridgehead atoms. The number of rotatable bonds is 17. The lowest BCUT2D eigenvalue weighted by Gasteiger charge is -2.20. The third kappa shape index (κ3) is 15.8. The molecule has 0 aromatic carbocycles. The van der Waals surface area contributed by atoms with Gasteiger partial charge in [0.05, 0.1) is 19.6 Å². The second-order valence-corrected chi connectivity index (χ2v) is 8.15. The van der Waals surface area contributed by atoms with E-state index in [0.29, 0.717) is 12.8 Å². The lowest BCUT2D eigenvalue weighted by Crippen LogP contribution is -2.50. The van der Waals surface area contributed by atoms with E-state index in [9.17, 15) is 24.0 Å². The van der Waals surface area contributed by atoms with Gasteiger partial charge in [0.25, 0.3) is 0 Å². The zero-order valence-corrected chi connectivity index (χ0v) is 19.6. The van der Waals surface area contributed by atoms with Crippen LogP contribution in [0.2, 0.25) is 0 Å². The van der Waals surface area contributed by atoms with Crippen molar-refractivity contribution in [2.45, 2.75) is 65.3 Å². The Morgan fingerprint density at radius 1 is 0.844 bits per heavy atom. The predicted molar refractivity (Wildman–Crippen MR) is 124 cm³/mol. The zero-order chi connectivity index (χ0) is 24.5. The van der Waals surface area contributed by atoms with Crippen molar-refractivity contribution >= 4 is 29.4 Å². The zero-order valence-electron chi connectivity index (χ0n) is 19.6. The fourth-order valence-corrected chi connectivity index (χ4v) is 2.72. The van der Waals surface area contributed by atoms with Crippen LogP contribution in [0.3, 0.4) is 0 Å².